The molecule has 1 saturated heterocycles. The van der Waals surface area contributed by atoms with Crippen LogP contribution in [0, 0.1) is 0 Å². The van der Waals surface area contributed by atoms with Crippen molar-refractivity contribution in [2.45, 2.75) is 24.9 Å². The molecule has 170 valence electrons. The fourth-order valence-electron chi connectivity index (χ4n) is 4.58. The Balaban J connectivity index is 1.28. The van der Waals surface area contributed by atoms with Crippen LogP contribution in [0.25, 0.3) is 21.9 Å². The Morgan fingerprint density at radius 3 is 2.18 bits per heavy atom. The lowest BCUT2D eigenvalue weighted by Crippen LogP contribution is -2.53. The minimum absolute atomic E-state index is 0.0393. The molecule has 3 aromatic carbocycles. The lowest BCUT2D eigenvalue weighted by molar-refractivity contribution is -0.143. The lowest BCUT2D eigenvalue weighted by atomic mass is 9.96. The standard InChI is InChI=1S/C27H28N2O4/c30-17-10-21-3-1-2-20-6-9-23(18-24(20)21)19-4-7-22(8-5-19)25(31)28-13-15-29(16-14-28)26(32)27(33)11-12-27/h1-9,18,30,33H,10-17H2. The number of nitrogens with zero attached hydrogens (tertiary/aromatic N) is 2. The first-order valence-electron chi connectivity index (χ1n) is 11.5. The van der Waals surface area contributed by atoms with Crippen molar-refractivity contribution >= 4 is 22.6 Å². The van der Waals surface area contributed by atoms with Crippen molar-refractivity contribution in [3.8, 4) is 11.1 Å². The predicted molar refractivity (Wildman–Crippen MR) is 127 cm³/mol. The quantitative estimate of drug-likeness (QED) is 0.634. The molecule has 1 saturated carbocycles. The number of fused-ring (bicyclic) bond motifs is 1. The molecule has 2 aliphatic rings. The number of carbonyl (C=O) groups excluding carboxylic acids is 2. The summed E-state index contributed by atoms with van der Waals surface area (Å²) in [5.41, 5.74) is 2.69. The maximum Gasteiger partial charge on any atom is 0.254 e. The molecular weight excluding hydrogens is 416 g/mol. The second kappa shape index (κ2) is 8.61. The number of aliphatic hydroxyl groups is 2. The third-order valence-corrected chi connectivity index (χ3v) is 6.79. The first-order valence-corrected chi connectivity index (χ1v) is 11.5. The average molecular weight is 445 g/mol. The zero-order valence-corrected chi connectivity index (χ0v) is 18.5. The molecule has 1 aliphatic heterocycles. The van der Waals surface area contributed by atoms with Gasteiger partial charge in [-0.25, -0.2) is 0 Å². The predicted octanol–water partition coefficient (Wildman–Crippen LogP) is 2.85. The van der Waals surface area contributed by atoms with Crippen LogP contribution in [0.15, 0.2) is 60.7 Å². The zero-order valence-electron chi connectivity index (χ0n) is 18.5. The number of piperazine rings is 1. The molecule has 2 fully saturated rings. The smallest absolute Gasteiger partial charge is 0.254 e. The largest absolute Gasteiger partial charge is 0.396 e. The van der Waals surface area contributed by atoms with Crippen molar-refractivity contribution in [1.82, 2.24) is 9.80 Å². The molecule has 0 aromatic heterocycles. The van der Waals surface area contributed by atoms with Crippen molar-refractivity contribution < 1.29 is 19.8 Å². The molecule has 6 nitrogen and oxygen atoms in total. The van der Waals surface area contributed by atoms with E-state index in [1.165, 1.54) is 0 Å². The van der Waals surface area contributed by atoms with Crippen LogP contribution in [0.4, 0.5) is 0 Å². The normalized spacial score (nSPS) is 17.3. The van der Waals surface area contributed by atoms with Crippen LogP contribution in [0.3, 0.4) is 0 Å². The Morgan fingerprint density at radius 2 is 1.52 bits per heavy atom. The molecule has 0 unspecified atom stereocenters. The molecule has 33 heavy (non-hydrogen) atoms. The van der Waals surface area contributed by atoms with Gasteiger partial charge in [0.05, 0.1) is 0 Å². The average Bonchev–Trinajstić information content (AvgIpc) is 3.62. The summed E-state index contributed by atoms with van der Waals surface area (Å²) in [6.07, 6.45) is 1.70. The molecular formula is C27H28N2O4. The molecule has 0 spiro atoms. The van der Waals surface area contributed by atoms with Crippen molar-refractivity contribution in [2.75, 3.05) is 32.8 Å². The van der Waals surface area contributed by atoms with Crippen LogP contribution in [-0.4, -0.2) is 70.2 Å². The fraction of sp³-hybridized carbons (Fsp3) is 0.333. The summed E-state index contributed by atoms with van der Waals surface area (Å²) in [7, 11) is 0. The van der Waals surface area contributed by atoms with E-state index < -0.39 is 5.60 Å². The van der Waals surface area contributed by atoms with E-state index in [1.54, 1.807) is 9.80 Å². The SMILES string of the molecule is O=C(c1ccc(-c2ccc3cccc(CCO)c3c2)cc1)N1CCN(C(=O)C2(O)CC2)CC1. The molecule has 0 radical (unpaired) electrons. The van der Waals surface area contributed by atoms with E-state index in [1.807, 2.05) is 36.4 Å². The second-order valence-corrected chi connectivity index (χ2v) is 9.02. The second-order valence-electron chi connectivity index (χ2n) is 9.02. The zero-order chi connectivity index (χ0) is 23.0. The number of hydrogen-bond acceptors (Lipinski definition) is 4. The van der Waals surface area contributed by atoms with E-state index in [2.05, 4.69) is 24.3 Å². The van der Waals surface area contributed by atoms with E-state index in [4.69, 9.17) is 0 Å². The van der Waals surface area contributed by atoms with Crippen molar-refractivity contribution in [3.63, 3.8) is 0 Å². The van der Waals surface area contributed by atoms with Gasteiger partial charge in [-0.2, -0.15) is 0 Å². The summed E-state index contributed by atoms with van der Waals surface area (Å²) in [4.78, 5) is 28.7. The van der Waals surface area contributed by atoms with Crippen LogP contribution in [-0.2, 0) is 11.2 Å². The number of rotatable bonds is 5. The van der Waals surface area contributed by atoms with Gasteiger partial charge in [0, 0.05) is 38.3 Å². The maximum atomic E-state index is 13.0. The minimum atomic E-state index is -1.15. The summed E-state index contributed by atoms with van der Waals surface area (Å²) in [6, 6.07) is 20.1. The third kappa shape index (κ3) is 4.24. The van der Waals surface area contributed by atoms with Gasteiger partial charge in [0.25, 0.3) is 11.8 Å². The van der Waals surface area contributed by atoms with Gasteiger partial charge in [-0.15, -0.1) is 0 Å². The lowest BCUT2D eigenvalue weighted by Gasteiger charge is -2.35. The van der Waals surface area contributed by atoms with E-state index in [0.29, 0.717) is 51.0 Å². The molecule has 6 heteroatoms. The van der Waals surface area contributed by atoms with Crippen LogP contribution in [0.2, 0.25) is 0 Å². The van der Waals surface area contributed by atoms with E-state index >= 15 is 0 Å². The third-order valence-electron chi connectivity index (χ3n) is 6.79. The maximum absolute atomic E-state index is 13.0. The van der Waals surface area contributed by atoms with Gasteiger partial charge in [0.2, 0.25) is 0 Å². The first kappa shape index (κ1) is 21.6. The van der Waals surface area contributed by atoms with E-state index in [0.717, 1.165) is 27.5 Å². The molecule has 1 aliphatic carbocycles. The number of carbonyl (C=O) groups is 2. The summed E-state index contributed by atoms with van der Waals surface area (Å²) in [6.45, 7) is 1.97. The number of hydrogen-bond donors (Lipinski definition) is 2. The summed E-state index contributed by atoms with van der Waals surface area (Å²) in [5.74, 6) is -0.237. The first-order chi connectivity index (χ1) is 16.0. The van der Waals surface area contributed by atoms with Gasteiger partial charge in [-0.1, -0.05) is 42.5 Å². The number of benzene rings is 3. The molecule has 0 atom stereocenters. The summed E-state index contributed by atoms with van der Waals surface area (Å²) < 4.78 is 0. The molecule has 1 heterocycles. The number of amides is 2. The minimum Gasteiger partial charge on any atom is -0.396 e. The van der Waals surface area contributed by atoms with Crippen LogP contribution in [0.5, 0.6) is 0 Å². The monoisotopic (exact) mass is 444 g/mol. The van der Waals surface area contributed by atoms with Gasteiger partial charge in [0.1, 0.15) is 5.60 Å². The van der Waals surface area contributed by atoms with Crippen LogP contribution >= 0.6 is 0 Å². The molecule has 2 N–H and O–H groups in total. The highest BCUT2D eigenvalue weighted by Gasteiger charge is 2.50. The molecule has 3 aromatic rings. The van der Waals surface area contributed by atoms with Crippen LogP contribution < -0.4 is 0 Å². The number of aliphatic hydroxyl groups excluding tert-OH is 1. The van der Waals surface area contributed by atoms with Gasteiger partial charge < -0.3 is 20.0 Å². The molecule has 5 rings (SSSR count). The topological polar surface area (TPSA) is 81.1 Å². The van der Waals surface area contributed by atoms with Gasteiger partial charge >= 0.3 is 0 Å². The highest BCUT2D eigenvalue weighted by Crippen LogP contribution is 2.37. The molecule has 2 amide bonds. The summed E-state index contributed by atoms with van der Waals surface area (Å²) >= 11 is 0. The Labute approximate surface area is 193 Å². The van der Waals surface area contributed by atoms with E-state index in [9.17, 15) is 19.8 Å². The van der Waals surface area contributed by atoms with Crippen LogP contribution in [0.1, 0.15) is 28.8 Å². The Morgan fingerprint density at radius 1 is 0.848 bits per heavy atom. The highest BCUT2D eigenvalue weighted by atomic mass is 16.3. The van der Waals surface area contributed by atoms with Gasteiger partial charge in [0.15, 0.2) is 0 Å². The van der Waals surface area contributed by atoms with Crippen molar-refractivity contribution in [1.29, 1.82) is 0 Å². The van der Waals surface area contributed by atoms with E-state index in [-0.39, 0.29) is 18.4 Å². The van der Waals surface area contributed by atoms with Gasteiger partial charge in [-0.05, 0) is 64.9 Å². The molecule has 0 bridgehead atoms. The summed E-state index contributed by atoms with van der Waals surface area (Å²) in [5, 5.41) is 21.7. The Hall–Kier alpha value is -3.22. The van der Waals surface area contributed by atoms with Gasteiger partial charge in [-0.3, -0.25) is 9.59 Å². The van der Waals surface area contributed by atoms with Crippen molar-refractivity contribution in [2.24, 2.45) is 0 Å². The highest BCUT2D eigenvalue weighted by molar-refractivity contribution is 5.95. The Kier molecular flexibility index (Phi) is 5.64. The van der Waals surface area contributed by atoms with Crippen molar-refractivity contribution in [3.05, 3.63) is 71.8 Å². The Bertz CT molecular complexity index is 1190. The fourth-order valence-corrected chi connectivity index (χ4v) is 4.58.